The van der Waals surface area contributed by atoms with Crippen molar-refractivity contribution in [1.82, 2.24) is 14.9 Å². The molecule has 0 aliphatic carbocycles. The third kappa shape index (κ3) is 4.02. The lowest BCUT2D eigenvalue weighted by Crippen LogP contribution is -2.34. The molecule has 6 heteroatoms. The van der Waals surface area contributed by atoms with Crippen LogP contribution < -0.4 is 4.90 Å². The summed E-state index contributed by atoms with van der Waals surface area (Å²) in [5.41, 5.74) is 1.18. The second-order valence-corrected chi connectivity index (χ2v) is 9.17. The van der Waals surface area contributed by atoms with E-state index >= 15 is 0 Å². The summed E-state index contributed by atoms with van der Waals surface area (Å²) < 4.78 is 11.3. The van der Waals surface area contributed by atoms with Crippen molar-refractivity contribution in [3.8, 4) is 0 Å². The Morgan fingerprint density at radius 3 is 2.27 bits per heavy atom. The monoisotopic (exact) mass is 360 g/mol. The molecule has 1 aromatic heterocycles. The molecule has 26 heavy (non-hydrogen) atoms. The molecule has 6 nitrogen and oxygen atoms in total. The first-order valence-electron chi connectivity index (χ1n) is 9.94. The maximum atomic E-state index is 5.65. The van der Waals surface area contributed by atoms with Gasteiger partial charge in [0, 0.05) is 50.1 Å². The number of fused-ring (bicyclic) bond motifs is 1. The largest absolute Gasteiger partial charge is 0.379 e. The number of rotatable bonds is 3. The minimum absolute atomic E-state index is 0.0624. The van der Waals surface area contributed by atoms with E-state index in [4.69, 9.17) is 9.47 Å². The summed E-state index contributed by atoms with van der Waals surface area (Å²) in [6, 6.07) is 2.18. The number of likely N-dealkylation sites (tertiary alicyclic amines) is 1. The molecular weight excluding hydrogens is 328 g/mol. The van der Waals surface area contributed by atoms with Gasteiger partial charge in [0.15, 0.2) is 0 Å². The highest BCUT2D eigenvalue weighted by Gasteiger charge is 2.41. The first-order valence-corrected chi connectivity index (χ1v) is 9.94. The molecule has 0 N–H and O–H groups in total. The van der Waals surface area contributed by atoms with Crippen LogP contribution in [0, 0.1) is 17.8 Å². The Labute approximate surface area is 156 Å². The number of ether oxygens (including phenoxy) is 2. The van der Waals surface area contributed by atoms with E-state index in [1.165, 1.54) is 13.1 Å². The van der Waals surface area contributed by atoms with Crippen LogP contribution in [0.3, 0.4) is 0 Å². The third-order valence-corrected chi connectivity index (χ3v) is 5.90. The fourth-order valence-electron chi connectivity index (χ4n) is 4.49. The second-order valence-electron chi connectivity index (χ2n) is 9.17. The van der Waals surface area contributed by atoms with Gasteiger partial charge in [-0.2, -0.15) is 0 Å². The standard InChI is InChI=1S/C20H32N4O2/c1-20(2,3)18-6-19(22-14-21-18)24-10-16-8-23(9-17(16)11-24)7-15-12-25-4-5-26-13-15/h6,14-17H,4-5,7-13H2,1-3H3. The SMILES string of the molecule is CC(C)(C)c1cc(N2CC3CN(CC4COCCOC4)CC3C2)ncn1. The average Bonchev–Trinajstić information content (AvgIpc) is 3.04. The molecule has 2 unspecified atom stereocenters. The van der Waals surface area contributed by atoms with Crippen LogP contribution in [0.4, 0.5) is 5.82 Å². The zero-order valence-corrected chi connectivity index (χ0v) is 16.4. The highest BCUT2D eigenvalue weighted by molar-refractivity contribution is 5.42. The molecule has 0 radical (unpaired) electrons. The maximum absolute atomic E-state index is 5.65. The quantitative estimate of drug-likeness (QED) is 0.819. The van der Waals surface area contributed by atoms with E-state index in [1.54, 1.807) is 6.33 Å². The zero-order chi connectivity index (χ0) is 18.1. The topological polar surface area (TPSA) is 50.7 Å². The van der Waals surface area contributed by atoms with E-state index in [-0.39, 0.29) is 5.41 Å². The van der Waals surface area contributed by atoms with Crippen molar-refractivity contribution in [3.05, 3.63) is 18.1 Å². The van der Waals surface area contributed by atoms with Crippen molar-refractivity contribution in [2.45, 2.75) is 26.2 Å². The Hall–Kier alpha value is -1.24. The van der Waals surface area contributed by atoms with Crippen molar-refractivity contribution in [2.24, 2.45) is 17.8 Å². The first kappa shape index (κ1) is 18.1. The summed E-state index contributed by atoms with van der Waals surface area (Å²) in [6.45, 7) is 15.5. The molecule has 1 aromatic rings. The second kappa shape index (κ2) is 7.41. The third-order valence-electron chi connectivity index (χ3n) is 5.90. The summed E-state index contributed by atoms with van der Waals surface area (Å²) in [7, 11) is 0. The number of hydrogen-bond acceptors (Lipinski definition) is 6. The van der Waals surface area contributed by atoms with Crippen LogP contribution in [-0.4, -0.2) is 74.0 Å². The average molecular weight is 361 g/mol. The Morgan fingerprint density at radius 1 is 1.00 bits per heavy atom. The van der Waals surface area contributed by atoms with Crippen LogP contribution in [0.1, 0.15) is 26.5 Å². The van der Waals surface area contributed by atoms with Crippen LogP contribution in [-0.2, 0) is 14.9 Å². The fraction of sp³-hybridized carbons (Fsp3) is 0.800. The Bertz CT molecular complexity index is 596. The van der Waals surface area contributed by atoms with Gasteiger partial charge < -0.3 is 19.3 Å². The highest BCUT2D eigenvalue weighted by Crippen LogP contribution is 2.34. The fourth-order valence-corrected chi connectivity index (χ4v) is 4.49. The summed E-state index contributed by atoms with van der Waals surface area (Å²) in [5.74, 6) is 3.10. The molecule has 0 spiro atoms. The summed E-state index contributed by atoms with van der Waals surface area (Å²) in [4.78, 5) is 14.1. The Morgan fingerprint density at radius 2 is 1.65 bits per heavy atom. The van der Waals surface area contributed by atoms with E-state index in [2.05, 4.69) is 46.6 Å². The minimum atomic E-state index is 0.0624. The molecule has 0 saturated carbocycles. The molecule has 3 saturated heterocycles. The highest BCUT2D eigenvalue weighted by atomic mass is 16.5. The van der Waals surface area contributed by atoms with Gasteiger partial charge in [-0.3, -0.25) is 0 Å². The van der Waals surface area contributed by atoms with Gasteiger partial charge in [0.1, 0.15) is 12.1 Å². The predicted molar refractivity (Wildman–Crippen MR) is 101 cm³/mol. The molecule has 0 bridgehead atoms. The van der Waals surface area contributed by atoms with Gasteiger partial charge in [-0.25, -0.2) is 9.97 Å². The van der Waals surface area contributed by atoms with E-state index in [0.717, 1.165) is 69.4 Å². The van der Waals surface area contributed by atoms with E-state index < -0.39 is 0 Å². The molecule has 4 heterocycles. The van der Waals surface area contributed by atoms with E-state index in [0.29, 0.717) is 5.92 Å². The van der Waals surface area contributed by atoms with E-state index in [9.17, 15) is 0 Å². The Balaban J connectivity index is 1.33. The van der Waals surface area contributed by atoms with Gasteiger partial charge in [0.2, 0.25) is 0 Å². The number of nitrogens with zero attached hydrogens (tertiary/aromatic N) is 4. The molecule has 144 valence electrons. The van der Waals surface area contributed by atoms with E-state index in [1.807, 2.05) is 0 Å². The van der Waals surface area contributed by atoms with Crippen molar-refractivity contribution in [2.75, 3.05) is 64.1 Å². The van der Waals surface area contributed by atoms with Crippen LogP contribution >= 0.6 is 0 Å². The van der Waals surface area contributed by atoms with Crippen LogP contribution in [0.5, 0.6) is 0 Å². The van der Waals surface area contributed by atoms with Crippen LogP contribution in [0.2, 0.25) is 0 Å². The predicted octanol–water partition coefficient (Wildman–Crippen LogP) is 1.81. The molecule has 3 fully saturated rings. The molecular formula is C20H32N4O2. The molecule has 0 amide bonds. The van der Waals surface area contributed by atoms with Gasteiger partial charge in [-0.1, -0.05) is 20.8 Å². The van der Waals surface area contributed by atoms with Gasteiger partial charge in [0.25, 0.3) is 0 Å². The summed E-state index contributed by atoms with van der Waals surface area (Å²) in [5, 5.41) is 0. The lowest BCUT2D eigenvalue weighted by atomic mass is 9.92. The van der Waals surface area contributed by atoms with Crippen LogP contribution in [0.25, 0.3) is 0 Å². The van der Waals surface area contributed by atoms with Gasteiger partial charge in [-0.15, -0.1) is 0 Å². The van der Waals surface area contributed by atoms with Crippen molar-refractivity contribution in [1.29, 1.82) is 0 Å². The Kier molecular flexibility index (Phi) is 5.17. The zero-order valence-electron chi connectivity index (χ0n) is 16.4. The molecule has 0 aromatic carbocycles. The van der Waals surface area contributed by atoms with Crippen LogP contribution in [0.15, 0.2) is 12.4 Å². The lowest BCUT2D eigenvalue weighted by molar-refractivity contribution is 0.103. The van der Waals surface area contributed by atoms with Crippen molar-refractivity contribution < 1.29 is 9.47 Å². The lowest BCUT2D eigenvalue weighted by Gasteiger charge is -2.26. The maximum Gasteiger partial charge on any atom is 0.132 e. The molecule has 2 atom stereocenters. The van der Waals surface area contributed by atoms with Gasteiger partial charge in [-0.05, 0) is 11.8 Å². The minimum Gasteiger partial charge on any atom is -0.379 e. The van der Waals surface area contributed by atoms with Gasteiger partial charge in [0.05, 0.1) is 32.1 Å². The molecule has 3 aliphatic rings. The normalized spacial score (nSPS) is 28.3. The molecule has 4 rings (SSSR count). The summed E-state index contributed by atoms with van der Waals surface area (Å²) in [6.07, 6.45) is 1.72. The number of aromatic nitrogens is 2. The first-order chi connectivity index (χ1) is 12.5. The van der Waals surface area contributed by atoms with Gasteiger partial charge >= 0.3 is 0 Å². The van der Waals surface area contributed by atoms with Crippen molar-refractivity contribution >= 4 is 5.82 Å². The number of anilines is 1. The molecule has 3 aliphatic heterocycles. The van der Waals surface area contributed by atoms with Crippen molar-refractivity contribution in [3.63, 3.8) is 0 Å². The summed E-state index contributed by atoms with van der Waals surface area (Å²) >= 11 is 0. The smallest absolute Gasteiger partial charge is 0.132 e. The number of hydrogen-bond donors (Lipinski definition) is 0.